The molecule has 1 atom stereocenters. The number of halogens is 1. The Kier molecular flexibility index (Phi) is 5.57. The van der Waals surface area contributed by atoms with Crippen LogP contribution >= 0.6 is 0 Å². The Morgan fingerprint density at radius 3 is 2.50 bits per heavy atom. The summed E-state index contributed by atoms with van der Waals surface area (Å²) in [5.41, 5.74) is 6.62. The molecule has 1 aliphatic rings. The molecule has 0 bridgehead atoms. The highest BCUT2D eigenvalue weighted by Crippen LogP contribution is 2.31. The Labute approximate surface area is 132 Å². The highest BCUT2D eigenvalue weighted by Gasteiger charge is 2.39. The molecule has 0 aliphatic carbocycles. The lowest BCUT2D eigenvalue weighted by atomic mass is 9.81. The van der Waals surface area contributed by atoms with Gasteiger partial charge in [-0.05, 0) is 49.3 Å². The third-order valence-corrected chi connectivity index (χ3v) is 5.21. The monoisotopic (exact) mass is 306 g/mol. The van der Waals surface area contributed by atoms with Gasteiger partial charge in [-0.1, -0.05) is 26.0 Å². The van der Waals surface area contributed by atoms with E-state index in [2.05, 4.69) is 0 Å². The Bertz CT molecular complexity index is 488. The van der Waals surface area contributed by atoms with Gasteiger partial charge in [-0.15, -0.1) is 0 Å². The highest BCUT2D eigenvalue weighted by atomic mass is 19.1. The summed E-state index contributed by atoms with van der Waals surface area (Å²) in [6.07, 6.45) is 3.49. The van der Waals surface area contributed by atoms with Gasteiger partial charge in [0.1, 0.15) is 5.82 Å². The molecule has 2 rings (SSSR count). The average molecular weight is 306 g/mol. The molecule has 1 saturated heterocycles. The number of likely N-dealkylation sites (tertiary alicyclic amines) is 1. The number of benzene rings is 1. The second-order valence-corrected chi connectivity index (χ2v) is 6.43. The summed E-state index contributed by atoms with van der Waals surface area (Å²) in [6, 6.07) is 6.67. The van der Waals surface area contributed by atoms with E-state index >= 15 is 0 Å². The number of amides is 1. The van der Waals surface area contributed by atoms with Crippen LogP contribution in [0.25, 0.3) is 0 Å². The smallest absolute Gasteiger partial charge is 0.230 e. The maximum atomic E-state index is 13.0. The van der Waals surface area contributed by atoms with Crippen LogP contribution in [0.15, 0.2) is 24.3 Å². The van der Waals surface area contributed by atoms with Gasteiger partial charge in [-0.2, -0.15) is 0 Å². The number of hydrogen-bond donors (Lipinski definition) is 1. The molecule has 122 valence electrons. The van der Waals surface area contributed by atoms with Gasteiger partial charge in [0.15, 0.2) is 0 Å². The van der Waals surface area contributed by atoms with Crippen LogP contribution in [0.5, 0.6) is 0 Å². The predicted octanol–water partition coefficient (Wildman–Crippen LogP) is 2.98. The fourth-order valence-corrected chi connectivity index (χ4v) is 3.40. The van der Waals surface area contributed by atoms with Crippen LogP contribution in [0.2, 0.25) is 0 Å². The van der Waals surface area contributed by atoms with Crippen LogP contribution in [0.1, 0.15) is 38.7 Å². The normalized spacial score (nSPS) is 18.7. The Morgan fingerprint density at radius 1 is 1.32 bits per heavy atom. The zero-order chi connectivity index (χ0) is 16.2. The molecule has 0 saturated carbocycles. The first-order valence-corrected chi connectivity index (χ1v) is 8.28. The average Bonchev–Trinajstić information content (AvgIpc) is 3.00. The van der Waals surface area contributed by atoms with Crippen molar-refractivity contribution in [3.05, 3.63) is 35.6 Å². The van der Waals surface area contributed by atoms with E-state index in [4.69, 9.17) is 5.73 Å². The number of rotatable bonds is 6. The van der Waals surface area contributed by atoms with E-state index in [1.165, 1.54) is 12.1 Å². The SMILES string of the molecule is CCC(CC)(CN)C(=O)N1CCC(Cc2ccc(F)cc2)C1. The van der Waals surface area contributed by atoms with Crippen LogP contribution in [0, 0.1) is 17.2 Å². The molecule has 2 N–H and O–H groups in total. The summed E-state index contributed by atoms with van der Waals surface area (Å²) in [6.45, 7) is 6.10. The van der Waals surface area contributed by atoms with Crippen molar-refractivity contribution in [1.29, 1.82) is 0 Å². The van der Waals surface area contributed by atoms with Crippen LogP contribution in [-0.2, 0) is 11.2 Å². The van der Waals surface area contributed by atoms with Gasteiger partial charge in [0.2, 0.25) is 5.91 Å². The third kappa shape index (κ3) is 3.49. The van der Waals surface area contributed by atoms with Gasteiger partial charge in [-0.3, -0.25) is 4.79 Å². The zero-order valence-corrected chi connectivity index (χ0v) is 13.6. The molecule has 4 heteroatoms. The molecule has 1 fully saturated rings. The Balaban J connectivity index is 1.97. The minimum atomic E-state index is -0.398. The van der Waals surface area contributed by atoms with Crippen LogP contribution in [-0.4, -0.2) is 30.4 Å². The van der Waals surface area contributed by atoms with Crippen molar-refractivity contribution in [3.63, 3.8) is 0 Å². The van der Waals surface area contributed by atoms with E-state index in [-0.39, 0.29) is 11.7 Å². The van der Waals surface area contributed by atoms with E-state index < -0.39 is 5.41 Å². The standard InChI is InChI=1S/C18H27FN2O/c1-3-18(4-2,13-20)17(22)21-10-9-15(12-21)11-14-5-7-16(19)8-6-14/h5-8,15H,3-4,9-13,20H2,1-2H3. The van der Waals surface area contributed by atoms with Crippen molar-refractivity contribution in [3.8, 4) is 0 Å². The predicted molar refractivity (Wildman–Crippen MR) is 86.9 cm³/mol. The van der Waals surface area contributed by atoms with Crippen molar-refractivity contribution in [2.75, 3.05) is 19.6 Å². The van der Waals surface area contributed by atoms with Crippen molar-refractivity contribution in [2.45, 2.75) is 39.5 Å². The van der Waals surface area contributed by atoms with Crippen LogP contribution in [0.3, 0.4) is 0 Å². The van der Waals surface area contributed by atoms with Gasteiger partial charge in [-0.25, -0.2) is 4.39 Å². The topological polar surface area (TPSA) is 46.3 Å². The second kappa shape index (κ2) is 7.23. The molecule has 0 aromatic heterocycles. The molecular weight excluding hydrogens is 279 g/mol. The minimum absolute atomic E-state index is 0.203. The largest absolute Gasteiger partial charge is 0.342 e. The van der Waals surface area contributed by atoms with Gasteiger partial charge in [0, 0.05) is 19.6 Å². The van der Waals surface area contributed by atoms with E-state index in [9.17, 15) is 9.18 Å². The van der Waals surface area contributed by atoms with Crippen molar-refractivity contribution < 1.29 is 9.18 Å². The number of nitrogens with zero attached hydrogens (tertiary/aromatic N) is 1. The maximum Gasteiger partial charge on any atom is 0.230 e. The molecule has 0 spiro atoms. The van der Waals surface area contributed by atoms with Crippen molar-refractivity contribution in [2.24, 2.45) is 17.1 Å². The maximum absolute atomic E-state index is 13.0. The van der Waals surface area contributed by atoms with Gasteiger partial charge < -0.3 is 10.6 Å². The van der Waals surface area contributed by atoms with E-state index in [1.54, 1.807) is 0 Å². The van der Waals surface area contributed by atoms with Crippen molar-refractivity contribution in [1.82, 2.24) is 4.90 Å². The third-order valence-electron chi connectivity index (χ3n) is 5.21. The van der Waals surface area contributed by atoms with E-state index in [0.29, 0.717) is 12.5 Å². The molecule has 1 aromatic carbocycles. The number of carbonyl (C=O) groups is 1. The highest BCUT2D eigenvalue weighted by molar-refractivity contribution is 5.83. The van der Waals surface area contributed by atoms with E-state index in [0.717, 1.165) is 44.3 Å². The molecule has 1 amide bonds. The fourth-order valence-electron chi connectivity index (χ4n) is 3.40. The first-order chi connectivity index (χ1) is 10.5. The van der Waals surface area contributed by atoms with Crippen LogP contribution < -0.4 is 5.73 Å². The number of hydrogen-bond acceptors (Lipinski definition) is 2. The molecule has 1 unspecified atom stereocenters. The lowest BCUT2D eigenvalue weighted by molar-refractivity contribution is -0.141. The first kappa shape index (κ1) is 16.9. The van der Waals surface area contributed by atoms with Crippen LogP contribution in [0.4, 0.5) is 4.39 Å². The number of nitrogens with two attached hydrogens (primary N) is 1. The van der Waals surface area contributed by atoms with Gasteiger partial charge in [0.05, 0.1) is 5.41 Å². The van der Waals surface area contributed by atoms with Gasteiger partial charge in [0.25, 0.3) is 0 Å². The molecule has 1 aliphatic heterocycles. The summed E-state index contributed by atoms with van der Waals surface area (Å²) < 4.78 is 13.0. The Hall–Kier alpha value is -1.42. The lowest BCUT2D eigenvalue weighted by Crippen LogP contribution is -2.46. The quantitative estimate of drug-likeness (QED) is 0.878. The summed E-state index contributed by atoms with van der Waals surface area (Å²) in [7, 11) is 0. The van der Waals surface area contributed by atoms with Crippen molar-refractivity contribution >= 4 is 5.91 Å². The number of carbonyl (C=O) groups excluding carboxylic acids is 1. The summed E-state index contributed by atoms with van der Waals surface area (Å²) in [4.78, 5) is 14.8. The molecule has 0 radical (unpaired) electrons. The first-order valence-electron chi connectivity index (χ1n) is 8.28. The summed E-state index contributed by atoms with van der Waals surface area (Å²) in [5.74, 6) is 0.464. The fraction of sp³-hybridized carbons (Fsp3) is 0.611. The molecule has 22 heavy (non-hydrogen) atoms. The zero-order valence-electron chi connectivity index (χ0n) is 13.6. The molecule has 1 heterocycles. The molecule has 3 nitrogen and oxygen atoms in total. The Morgan fingerprint density at radius 2 is 1.95 bits per heavy atom. The lowest BCUT2D eigenvalue weighted by Gasteiger charge is -2.33. The summed E-state index contributed by atoms with van der Waals surface area (Å²) in [5, 5.41) is 0. The summed E-state index contributed by atoms with van der Waals surface area (Å²) >= 11 is 0. The molecular formula is C18H27FN2O. The second-order valence-electron chi connectivity index (χ2n) is 6.43. The molecule has 1 aromatic rings. The van der Waals surface area contributed by atoms with E-state index in [1.807, 2.05) is 30.9 Å². The minimum Gasteiger partial charge on any atom is -0.342 e. The van der Waals surface area contributed by atoms with Gasteiger partial charge >= 0.3 is 0 Å².